The lowest BCUT2D eigenvalue weighted by molar-refractivity contribution is 0.111. The Hall–Kier alpha value is -2.18. The Kier molecular flexibility index (Phi) is 13.0. The number of aldehydes is 1. The lowest BCUT2D eigenvalue weighted by Crippen LogP contribution is -2.05. The molecule has 25 heavy (non-hydrogen) atoms. The average Bonchev–Trinajstić information content (AvgIpc) is 2.90. The highest BCUT2D eigenvalue weighted by Gasteiger charge is 2.03. The number of methoxy groups -OCH3 is 1. The van der Waals surface area contributed by atoms with Gasteiger partial charge < -0.3 is 15.2 Å². The molecule has 0 fully saturated rings. The SMILES string of the molecule is CC.CO.COC1=CCC=C(CCNc2cc(C=O)nc(Cl)n2)C=C1. The zero-order valence-electron chi connectivity index (χ0n) is 15.1. The molecule has 2 N–H and O–H groups in total. The zero-order chi connectivity index (χ0) is 19.1. The molecule has 7 heteroatoms. The van der Waals surface area contributed by atoms with Crippen LogP contribution in [0.15, 0.2) is 41.7 Å². The maximum atomic E-state index is 10.7. The third-order valence-corrected chi connectivity index (χ3v) is 3.12. The van der Waals surface area contributed by atoms with E-state index in [0.717, 1.165) is 25.7 Å². The van der Waals surface area contributed by atoms with Crippen LogP contribution in [0.1, 0.15) is 37.2 Å². The number of nitrogens with zero attached hydrogens (tertiary/aromatic N) is 2. The second-order valence-electron chi connectivity index (χ2n) is 4.40. The van der Waals surface area contributed by atoms with E-state index in [-0.39, 0.29) is 11.0 Å². The van der Waals surface area contributed by atoms with Gasteiger partial charge >= 0.3 is 0 Å². The number of carbonyl (C=O) groups is 1. The van der Waals surface area contributed by atoms with Gasteiger partial charge in [0, 0.05) is 19.7 Å². The summed E-state index contributed by atoms with van der Waals surface area (Å²) < 4.78 is 5.19. The van der Waals surface area contributed by atoms with E-state index in [2.05, 4.69) is 21.4 Å². The first-order chi connectivity index (χ1) is 12.2. The molecule has 0 atom stereocenters. The summed E-state index contributed by atoms with van der Waals surface area (Å²) in [4.78, 5) is 18.5. The molecule has 1 aromatic rings. The van der Waals surface area contributed by atoms with Crippen LogP contribution in [0.2, 0.25) is 5.28 Å². The molecule has 0 unspecified atom stereocenters. The smallest absolute Gasteiger partial charge is 0.224 e. The lowest BCUT2D eigenvalue weighted by atomic mass is 10.1. The van der Waals surface area contributed by atoms with Gasteiger partial charge in [-0.2, -0.15) is 0 Å². The molecule has 0 spiro atoms. The number of aliphatic hydroxyl groups excluding tert-OH is 1. The Morgan fingerprint density at radius 2 is 2.00 bits per heavy atom. The summed E-state index contributed by atoms with van der Waals surface area (Å²) in [5.41, 5.74) is 1.47. The average molecular weight is 368 g/mol. The van der Waals surface area contributed by atoms with Crippen LogP contribution in [0, 0.1) is 0 Å². The topological polar surface area (TPSA) is 84.3 Å². The van der Waals surface area contributed by atoms with Crippen LogP contribution < -0.4 is 5.32 Å². The molecule has 2 rings (SSSR count). The van der Waals surface area contributed by atoms with E-state index in [1.54, 1.807) is 13.2 Å². The summed E-state index contributed by atoms with van der Waals surface area (Å²) in [7, 11) is 2.66. The normalized spacial score (nSPS) is 12.2. The Morgan fingerprint density at radius 1 is 1.28 bits per heavy atom. The minimum absolute atomic E-state index is 0.0598. The Morgan fingerprint density at radius 3 is 2.64 bits per heavy atom. The molecule has 1 aliphatic carbocycles. The first-order valence-electron chi connectivity index (χ1n) is 8.01. The van der Waals surface area contributed by atoms with Gasteiger partial charge in [-0.1, -0.05) is 26.0 Å². The van der Waals surface area contributed by atoms with E-state index in [1.807, 2.05) is 32.1 Å². The summed E-state index contributed by atoms with van der Waals surface area (Å²) in [5.74, 6) is 1.42. The molecule has 0 aromatic carbocycles. The van der Waals surface area contributed by atoms with Crippen molar-refractivity contribution in [2.24, 2.45) is 0 Å². The highest BCUT2D eigenvalue weighted by molar-refractivity contribution is 6.28. The second-order valence-corrected chi connectivity index (χ2v) is 4.74. The van der Waals surface area contributed by atoms with Gasteiger partial charge in [0.15, 0.2) is 6.29 Å². The molecule has 1 aliphatic rings. The fraction of sp³-hybridized carbons (Fsp3) is 0.389. The molecule has 6 nitrogen and oxygen atoms in total. The molecular formula is C18H26ClN3O3. The first-order valence-corrected chi connectivity index (χ1v) is 8.38. The highest BCUT2D eigenvalue weighted by atomic mass is 35.5. The quantitative estimate of drug-likeness (QED) is 0.587. The van der Waals surface area contributed by atoms with Gasteiger partial charge in [-0.3, -0.25) is 4.79 Å². The number of nitrogens with one attached hydrogen (secondary N) is 1. The van der Waals surface area contributed by atoms with E-state index in [1.165, 1.54) is 5.57 Å². The summed E-state index contributed by atoms with van der Waals surface area (Å²) in [6.07, 6.45) is 10.5. The third kappa shape index (κ3) is 9.02. The summed E-state index contributed by atoms with van der Waals surface area (Å²) in [5, 5.41) is 10.2. The van der Waals surface area contributed by atoms with Crippen LogP contribution in [0.5, 0.6) is 0 Å². The fourth-order valence-electron chi connectivity index (χ4n) is 1.91. The molecule has 0 bridgehead atoms. The van der Waals surface area contributed by atoms with Gasteiger partial charge in [-0.05, 0) is 42.2 Å². The van der Waals surface area contributed by atoms with Crippen molar-refractivity contribution in [2.75, 3.05) is 26.1 Å². The predicted octanol–water partition coefficient (Wildman–Crippen LogP) is 3.80. The minimum Gasteiger partial charge on any atom is -0.497 e. The second kappa shape index (κ2) is 14.2. The predicted molar refractivity (Wildman–Crippen MR) is 102 cm³/mol. The van der Waals surface area contributed by atoms with Crippen LogP contribution in [0.3, 0.4) is 0 Å². The van der Waals surface area contributed by atoms with E-state index in [9.17, 15) is 4.79 Å². The molecular weight excluding hydrogens is 342 g/mol. The highest BCUT2D eigenvalue weighted by Crippen LogP contribution is 2.15. The standard InChI is InChI=1S/C15H16ClN3O2.C2H6.CH4O/c1-21-13-4-2-3-11(5-6-13)7-8-17-14-9-12(10-20)18-15(16)19-14;2*1-2/h3-6,9-10H,2,7-8H2,1H3,(H,17,18,19);1-2H3;2H,1H3. The number of allylic oxidation sites excluding steroid dienone is 4. The van der Waals surface area contributed by atoms with Crippen molar-refractivity contribution in [3.05, 3.63) is 52.7 Å². The lowest BCUT2D eigenvalue weighted by Gasteiger charge is -2.06. The Labute approximate surface area is 154 Å². The fourth-order valence-corrected chi connectivity index (χ4v) is 2.10. The maximum Gasteiger partial charge on any atom is 0.224 e. The van der Waals surface area contributed by atoms with Gasteiger partial charge in [0.25, 0.3) is 0 Å². The van der Waals surface area contributed by atoms with Crippen LogP contribution in [0.4, 0.5) is 5.82 Å². The summed E-state index contributed by atoms with van der Waals surface area (Å²) >= 11 is 5.75. The number of rotatable bonds is 6. The van der Waals surface area contributed by atoms with E-state index in [0.29, 0.717) is 18.6 Å². The molecule has 138 valence electrons. The van der Waals surface area contributed by atoms with Gasteiger partial charge in [-0.25, -0.2) is 9.97 Å². The Balaban J connectivity index is 0.00000134. The first kappa shape index (κ1) is 22.8. The van der Waals surface area contributed by atoms with Crippen LogP contribution in [-0.4, -0.2) is 42.1 Å². The number of hydrogen-bond acceptors (Lipinski definition) is 6. The van der Waals surface area contributed by atoms with Crippen LogP contribution in [-0.2, 0) is 4.74 Å². The minimum atomic E-state index is 0.0598. The van der Waals surface area contributed by atoms with Crippen molar-refractivity contribution in [3.8, 4) is 0 Å². The summed E-state index contributed by atoms with van der Waals surface area (Å²) in [6, 6.07) is 1.57. The number of halogens is 1. The van der Waals surface area contributed by atoms with Gasteiger partial charge in [0.1, 0.15) is 17.3 Å². The third-order valence-electron chi connectivity index (χ3n) is 2.96. The molecule has 0 saturated carbocycles. The van der Waals surface area contributed by atoms with Crippen molar-refractivity contribution in [3.63, 3.8) is 0 Å². The monoisotopic (exact) mass is 367 g/mol. The molecule has 0 aliphatic heterocycles. The van der Waals surface area contributed by atoms with Crippen molar-refractivity contribution < 1.29 is 14.6 Å². The van der Waals surface area contributed by atoms with E-state index < -0.39 is 0 Å². The molecule has 0 amide bonds. The van der Waals surface area contributed by atoms with Gasteiger partial charge in [0.2, 0.25) is 5.28 Å². The summed E-state index contributed by atoms with van der Waals surface area (Å²) in [6.45, 7) is 4.68. The van der Waals surface area contributed by atoms with Crippen molar-refractivity contribution >= 4 is 23.7 Å². The number of aliphatic hydroxyl groups is 1. The van der Waals surface area contributed by atoms with Crippen LogP contribution in [0.25, 0.3) is 0 Å². The molecule has 0 radical (unpaired) electrons. The molecule has 1 aromatic heterocycles. The van der Waals surface area contributed by atoms with Crippen molar-refractivity contribution in [2.45, 2.75) is 26.7 Å². The molecule has 0 saturated heterocycles. The van der Waals surface area contributed by atoms with Gasteiger partial charge in [-0.15, -0.1) is 0 Å². The van der Waals surface area contributed by atoms with Crippen LogP contribution >= 0.6 is 11.6 Å². The number of aromatic nitrogens is 2. The largest absolute Gasteiger partial charge is 0.497 e. The number of ether oxygens (including phenoxy) is 1. The number of anilines is 1. The van der Waals surface area contributed by atoms with Gasteiger partial charge in [0.05, 0.1) is 7.11 Å². The van der Waals surface area contributed by atoms with E-state index >= 15 is 0 Å². The Bertz CT molecular complexity index is 614. The van der Waals surface area contributed by atoms with Crippen molar-refractivity contribution in [1.82, 2.24) is 9.97 Å². The number of carbonyl (C=O) groups excluding carboxylic acids is 1. The maximum absolute atomic E-state index is 10.7. The molecule has 1 heterocycles. The number of hydrogen-bond donors (Lipinski definition) is 2. The van der Waals surface area contributed by atoms with E-state index in [4.69, 9.17) is 21.4 Å². The van der Waals surface area contributed by atoms with Crippen molar-refractivity contribution in [1.29, 1.82) is 0 Å². The zero-order valence-corrected chi connectivity index (χ0v) is 15.9.